The SMILES string of the molecule is COCc1ccc(CNC(=O)CNC(C)c2ccccc2Cl)cc1. The molecule has 0 saturated heterocycles. The molecule has 2 N–H and O–H groups in total. The van der Waals surface area contributed by atoms with Gasteiger partial charge in [-0.25, -0.2) is 0 Å². The van der Waals surface area contributed by atoms with Gasteiger partial charge in [-0.15, -0.1) is 0 Å². The van der Waals surface area contributed by atoms with Crippen LogP contribution < -0.4 is 10.6 Å². The van der Waals surface area contributed by atoms with E-state index < -0.39 is 0 Å². The summed E-state index contributed by atoms with van der Waals surface area (Å²) in [6, 6.07) is 15.6. The smallest absolute Gasteiger partial charge is 0.234 e. The van der Waals surface area contributed by atoms with Crippen LogP contribution in [0.15, 0.2) is 48.5 Å². The topological polar surface area (TPSA) is 50.4 Å². The van der Waals surface area contributed by atoms with E-state index in [9.17, 15) is 4.79 Å². The Morgan fingerprint density at radius 1 is 1.12 bits per heavy atom. The van der Waals surface area contributed by atoms with Gasteiger partial charge >= 0.3 is 0 Å². The van der Waals surface area contributed by atoms with E-state index in [2.05, 4.69) is 10.6 Å². The number of benzene rings is 2. The Morgan fingerprint density at radius 2 is 1.79 bits per heavy atom. The van der Waals surface area contributed by atoms with E-state index in [-0.39, 0.29) is 18.5 Å². The van der Waals surface area contributed by atoms with Crippen molar-refractivity contribution in [1.82, 2.24) is 10.6 Å². The second-order valence-corrected chi connectivity index (χ2v) is 6.06. The van der Waals surface area contributed by atoms with E-state index >= 15 is 0 Å². The van der Waals surface area contributed by atoms with Gasteiger partial charge in [-0.1, -0.05) is 54.1 Å². The van der Waals surface area contributed by atoms with Gasteiger partial charge in [0.2, 0.25) is 5.91 Å². The highest BCUT2D eigenvalue weighted by molar-refractivity contribution is 6.31. The summed E-state index contributed by atoms with van der Waals surface area (Å²) in [7, 11) is 1.67. The van der Waals surface area contributed by atoms with E-state index in [1.807, 2.05) is 55.5 Å². The number of nitrogens with one attached hydrogen (secondary N) is 2. The van der Waals surface area contributed by atoms with Gasteiger partial charge in [0.05, 0.1) is 13.2 Å². The van der Waals surface area contributed by atoms with Crippen LogP contribution in [0.5, 0.6) is 0 Å². The molecular formula is C19H23ClN2O2. The molecular weight excluding hydrogens is 324 g/mol. The highest BCUT2D eigenvalue weighted by Gasteiger charge is 2.10. The van der Waals surface area contributed by atoms with Crippen molar-refractivity contribution >= 4 is 17.5 Å². The molecule has 0 aliphatic carbocycles. The Labute approximate surface area is 148 Å². The Bertz CT molecular complexity index is 659. The molecule has 1 amide bonds. The maximum atomic E-state index is 12.0. The molecule has 2 aromatic rings. The maximum absolute atomic E-state index is 12.0. The molecule has 0 aliphatic rings. The minimum atomic E-state index is -0.0464. The number of carbonyl (C=O) groups is 1. The lowest BCUT2D eigenvalue weighted by Crippen LogP contribution is -2.34. The van der Waals surface area contributed by atoms with Crippen LogP contribution in [0, 0.1) is 0 Å². The Hall–Kier alpha value is -1.88. The Balaban J connectivity index is 1.76. The highest BCUT2D eigenvalue weighted by Crippen LogP contribution is 2.21. The molecule has 0 heterocycles. The predicted molar refractivity (Wildman–Crippen MR) is 96.9 cm³/mol. The normalized spacial score (nSPS) is 12.0. The summed E-state index contributed by atoms with van der Waals surface area (Å²) >= 11 is 6.16. The molecule has 0 radical (unpaired) electrons. The second-order valence-electron chi connectivity index (χ2n) is 5.65. The summed E-state index contributed by atoms with van der Waals surface area (Å²) in [5.74, 6) is -0.0464. The van der Waals surface area contributed by atoms with Crippen LogP contribution in [-0.4, -0.2) is 19.6 Å². The quantitative estimate of drug-likeness (QED) is 0.769. The first kappa shape index (κ1) is 18.5. The summed E-state index contributed by atoms with van der Waals surface area (Å²) in [6.07, 6.45) is 0. The third kappa shape index (κ3) is 5.64. The zero-order valence-electron chi connectivity index (χ0n) is 14.0. The fourth-order valence-corrected chi connectivity index (χ4v) is 2.66. The van der Waals surface area contributed by atoms with Crippen LogP contribution in [0.4, 0.5) is 0 Å². The average Bonchev–Trinajstić information content (AvgIpc) is 2.60. The molecule has 1 atom stereocenters. The maximum Gasteiger partial charge on any atom is 0.234 e. The Kier molecular flexibility index (Phi) is 7.25. The highest BCUT2D eigenvalue weighted by atomic mass is 35.5. The van der Waals surface area contributed by atoms with Gasteiger partial charge in [-0.2, -0.15) is 0 Å². The lowest BCUT2D eigenvalue weighted by Gasteiger charge is -2.15. The number of methoxy groups -OCH3 is 1. The van der Waals surface area contributed by atoms with E-state index in [0.29, 0.717) is 18.2 Å². The van der Waals surface area contributed by atoms with E-state index in [0.717, 1.165) is 16.7 Å². The number of rotatable bonds is 8. The largest absolute Gasteiger partial charge is 0.380 e. The van der Waals surface area contributed by atoms with Gasteiger partial charge in [-0.05, 0) is 29.7 Å². The molecule has 0 saturated carbocycles. The molecule has 128 valence electrons. The van der Waals surface area contributed by atoms with Crippen molar-refractivity contribution in [2.45, 2.75) is 26.1 Å². The van der Waals surface area contributed by atoms with E-state index in [1.165, 1.54) is 0 Å². The number of hydrogen-bond donors (Lipinski definition) is 2. The molecule has 1 unspecified atom stereocenters. The molecule has 5 heteroatoms. The van der Waals surface area contributed by atoms with Crippen molar-refractivity contribution in [2.24, 2.45) is 0 Å². The fraction of sp³-hybridized carbons (Fsp3) is 0.316. The molecule has 24 heavy (non-hydrogen) atoms. The average molecular weight is 347 g/mol. The third-order valence-electron chi connectivity index (χ3n) is 3.76. The summed E-state index contributed by atoms with van der Waals surface area (Å²) in [5.41, 5.74) is 3.16. The molecule has 0 fully saturated rings. The monoisotopic (exact) mass is 346 g/mol. The van der Waals surface area contributed by atoms with Gasteiger partial charge in [0.1, 0.15) is 0 Å². The second kappa shape index (κ2) is 9.42. The van der Waals surface area contributed by atoms with E-state index in [4.69, 9.17) is 16.3 Å². The third-order valence-corrected chi connectivity index (χ3v) is 4.11. The summed E-state index contributed by atoms with van der Waals surface area (Å²) in [5, 5.41) is 6.80. The molecule has 2 aromatic carbocycles. The summed E-state index contributed by atoms with van der Waals surface area (Å²) in [4.78, 5) is 12.0. The van der Waals surface area contributed by atoms with Gasteiger partial charge in [0, 0.05) is 24.7 Å². The van der Waals surface area contributed by atoms with Crippen LogP contribution in [0.1, 0.15) is 29.7 Å². The van der Waals surface area contributed by atoms with Gasteiger partial charge in [0.15, 0.2) is 0 Å². The van der Waals surface area contributed by atoms with Crippen LogP contribution in [0.2, 0.25) is 5.02 Å². The first-order valence-corrected chi connectivity index (χ1v) is 8.29. The number of amides is 1. The zero-order chi connectivity index (χ0) is 17.4. The number of hydrogen-bond acceptors (Lipinski definition) is 3. The lowest BCUT2D eigenvalue weighted by atomic mass is 10.1. The predicted octanol–water partition coefficient (Wildman–Crippen LogP) is 3.45. The lowest BCUT2D eigenvalue weighted by molar-refractivity contribution is -0.120. The fourth-order valence-electron chi connectivity index (χ4n) is 2.37. The van der Waals surface area contributed by atoms with Gasteiger partial charge in [-0.3, -0.25) is 4.79 Å². The molecule has 2 rings (SSSR count). The zero-order valence-corrected chi connectivity index (χ0v) is 14.8. The molecule has 0 aliphatic heterocycles. The molecule has 0 bridgehead atoms. The minimum absolute atomic E-state index is 0.0118. The van der Waals surface area contributed by atoms with Crippen molar-refractivity contribution in [3.63, 3.8) is 0 Å². The Morgan fingerprint density at radius 3 is 2.46 bits per heavy atom. The van der Waals surface area contributed by atoms with Crippen molar-refractivity contribution in [1.29, 1.82) is 0 Å². The van der Waals surface area contributed by atoms with E-state index in [1.54, 1.807) is 7.11 Å². The number of halogens is 1. The summed E-state index contributed by atoms with van der Waals surface area (Å²) in [6.45, 7) is 3.34. The van der Waals surface area contributed by atoms with Crippen molar-refractivity contribution in [3.8, 4) is 0 Å². The van der Waals surface area contributed by atoms with Crippen LogP contribution in [0.25, 0.3) is 0 Å². The van der Waals surface area contributed by atoms with Crippen molar-refractivity contribution in [3.05, 3.63) is 70.2 Å². The van der Waals surface area contributed by atoms with Crippen molar-refractivity contribution < 1.29 is 9.53 Å². The van der Waals surface area contributed by atoms with Gasteiger partial charge in [0.25, 0.3) is 0 Å². The molecule has 0 spiro atoms. The standard InChI is InChI=1S/C19H23ClN2O2/c1-14(17-5-3-4-6-18(17)20)21-12-19(23)22-11-15-7-9-16(10-8-15)13-24-2/h3-10,14,21H,11-13H2,1-2H3,(H,22,23). The number of ether oxygens (including phenoxy) is 1. The minimum Gasteiger partial charge on any atom is -0.380 e. The van der Waals surface area contributed by atoms with Crippen LogP contribution in [-0.2, 0) is 22.7 Å². The first-order valence-electron chi connectivity index (χ1n) is 7.91. The van der Waals surface area contributed by atoms with Crippen LogP contribution in [0.3, 0.4) is 0 Å². The number of carbonyl (C=O) groups excluding carboxylic acids is 1. The first-order chi connectivity index (χ1) is 11.6. The van der Waals surface area contributed by atoms with Crippen LogP contribution >= 0.6 is 11.6 Å². The van der Waals surface area contributed by atoms with Gasteiger partial charge < -0.3 is 15.4 Å². The van der Waals surface area contributed by atoms with Crippen molar-refractivity contribution in [2.75, 3.05) is 13.7 Å². The molecule has 0 aromatic heterocycles. The summed E-state index contributed by atoms with van der Waals surface area (Å²) < 4.78 is 5.08. The molecule has 4 nitrogen and oxygen atoms in total.